The third-order valence-electron chi connectivity index (χ3n) is 6.82. The monoisotopic (exact) mass is 368 g/mol. The van der Waals surface area contributed by atoms with E-state index < -0.39 is 5.97 Å². The summed E-state index contributed by atoms with van der Waals surface area (Å²) in [5.74, 6) is 2.75. The number of hydrogen-bond donors (Lipinski definition) is 1. The molecule has 0 bridgehead atoms. The number of hydrogen-bond acceptors (Lipinski definition) is 3. The van der Waals surface area contributed by atoms with Crippen LogP contribution in [0.4, 0.5) is 0 Å². The molecule has 3 aliphatic rings. The summed E-state index contributed by atoms with van der Waals surface area (Å²) in [7, 11) is 3.32. The lowest BCUT2D eigenvalue weighted by Crippen LogP contribution is -2.37. The lowest BCUT2D eigenvalue weighted by Gasteiger charge is -2.46. The minimum atomic E-state index is -0.848. The van der Waals surface area contributed by atoms with Gasteiger partial charge in [0.05, 0.1) is 19.8 Å². The van der Waals surface area contributed by atoms with Crippen LogP contribution in [-0.2, 0) is 11.2 Å². The molecule has 27 heavy (non-hydrogen) atoms. The Hall–Kier alpha value is -2.23. The minimum Gasteiger partial charge on any atom is -0.497 e. The van der Waals surface area contributed by atoms with Crippen molar-refractivity contribution in [3.8, 4) is 5.75 Å². The maximum atomic E-state index is 12.0. The number of methoxy groups -OCH3 is 2. The molecular weight excluding hydrogens is 340 g/mol. The molecule has 1 N–H and O–H groups in total. The fraction of sp³-hybridized carbons (Fsp3) is 0.522. The van der Waals surface area contributed by atoms with Gasteiger partial charge in [0.25, 0.3) is 0 Å². The van der Waals surface area contributed by atoms with Crippen LogP contribution in [0.1, 0.15) is 59.5 Å². The highest BCUT2D eigenvalue weighted by molar-refractivity contribution is 5.90. The van der Waals surface area contributed by atoms with E-state index in [1.165, 1.54) is 24.8 Å². The fourth-order valence-corrected chi connectivity index (χ4v) is 5.53. The van der Waals surface area contributed by atoms with Crippen LogP contribution >= 0.6 is 0 Å². The van der Waals surface area contributed by atoms with Gasteiger partial charge in [0.2, 0.25) is 0 Å². The molecule has 4 heteroatoms. The van der Waals surface area contributed by atoms with Crippen LogP contribution in [0, 0.1) is 17.8 Å². The smallest absolute Gasteiger partial charge is 0.336 e. The fourth-order valence-electron chi connectivity index (χ4n) is 5.53. The predicted molar refractivity (Wildman–Crippen MR) is 104 cm³/mol. The molecule has 1 saturated carbocycles. The molecular formula is C23H28O4. The number of aromatic carboxylic acids is 1. The number of carbonyl (C=O) groups is 1. The second-order valence-corrected chi connectivity index (χ2v) is 8.04. The quantitative estimate of drug-likeness (QED) is 0.817. The summed E-state index contributed by atoms with van der Waals surface area (Å²) in [6.45, 7) is 0. The first kappa shape index (κ1) is 18.1. The molecule has 0 saturated heterocycles. The number of rotatable bonds is 4. The van der Waals surface area contributed by atoms with Crippen molar-refractivity contribution in [3.63, 3.8) is 0 Å². The van der Waals surface area contributed by atoms with Gasteiger partial charge in [-0.3, -0.25) is 0 Å². The van der Waals surface area contributed by atoms with Crippen molar-refractivity contribution < 1.29 is 19.4 Å². The van der Waals surface area contributed by atoms with Crippen LogP contribution in [0.15, 0.2) is 36.1 Å². The highest BCUT2D eigenvalue weighted by Crippen LogP contribution is 2.52. The van der Waals surface area contributed by atoms with E-state index in [1.54, 1.807) is 20.3 Å². The zero-order valence-electron chi connectivity index (χ0n) is 16.1. The van der Waals surface area contributed by atoms with Crippen LogP contribution in [0.5, 0.6) is 5.75 Å². The van der Waals surface area contributed by atoms with Crippen molar-refractivity contribution in [2.24, 2.45) is 17.8 Å². The molecule has 0 aliphatic heterocycles. The van der Waals surface area contributed by atoms with Crippen LogP contribution < -0.4 is 4.74 Å². The third-order valence-corrected chi connectivity index (χ3v) is 6.82. The topological polar surface area (TPSA) is 55.8 Å². The maximum Gasteiger partial charge on any atom is 0.336 e. The summed E-state index contributed by atoms with van der Waals surface area (Å²) >= 11 is 0. The van der Waals surface area contributed by atoms with E-state index in [1.807, 2.05) is 0 Å². The predicted octanol–water partition coefficient (Wildman–Crippen LogP) is 4.95. The van der Waals surface area contributed by atoms with Crippen LogP contribution in [0.25, 0.3) is 0 Å². The second-order valence-electron chi connectivity index (χ2n) is 8.04. The molecule has 4 nitrogen and oxygen atoms in total. The Morgan fingerprint density at radius 1 is 1.11 bits per heavy atom. The van der Waals surface area contributed by atoms with E-state index in [4.69, 9.17) is 9.47 Å². The number of carboxylic acids is 1. The number of carboxylic acid groups (broad SMARTS) is 1. The average molecular weight is 368 g/mol. The highest BCUT2D eigenvalue weighted by atomic mass is 16.5. The second kappa shape index (κ2) is 7.41. The largest absolute Gasteiger partial charge is 0.497 e. The van der Waals surface area contributed by atoms with Gasteiger partial charge in [0.15, 0.2) is 0 Å². The van der Waals surface area contributed by atoms with E-state index in [9.17, 15) is 9.90 Å². The highest BCUT2D eigenvalue weighted by Gasteiger charge is 2.42. The van der Waals surface area contributed by atoms with Crippen molar-refractivity contribution in [3.05, 3.63) is 52.8 Å². The van der Waals surface area contributed by atoms with Crippen molar-refractivity contribution in [1.29, 1.82) is 0 Å². The Labute approximate surface area is 160 Å². The SMILES string of the molecule is COC1=CCC([C@@H]2Cc3c(C(=O)O)cc(OC)cc3[C@@H]3CCCC[C@@H]32)C=C1. The van der Waals surface area contributed by atoms with Gasteiger partial charge in [-0.1, -0.05) is 18.9 Å². The minimum absolute atomic E-state index is 0.422. The van der Waals surface area contributed by atoms with Crippen LogP contribution in [0.2, 0.25) is 0 Å². The molecule has 3 aliphatic carbocycles. The molecule has 0 heterocycles. The van der Waals surface area contributed by atoms with Gasteiger partial charge in [-0.25, -0.2) is 4.79 Å². The summed E-state index contributed by atoms with van der Waals surface area (Å²) in [6.07, 6.45) is 13.2. The van der Waals surface area contributed by atoms with Crippen molar-refractivity contribution in [2.75, 3.05) is 14.2 Å². The standard InChI is InChI=1S/C23H28O4/c1-26-15-9-7-14(8-10-15)19-13-21-20(18-6-4-3-5-17(18)19)11-16(27-2)12-22(21)23(24)25/h7,9-12,14,17-19H,3-6,8,13H2,1-2H3,(H,24,25)/t14?,17-,18+,19-/m0/s1. The van der Waals surface area contributed by atoms with Crippen LogP contribution in [-0.4, -0.2) is 25.3 Å². The normalized spacial score (nSPS) is 29.3. The van der Waals surface area contributed by atoms with Gasteiger partial charge < -0.3 is 14.6 Å². The summed E-state index contributed by atoms with van der Waals surface area (Å²) < 4.78 is 10.8. The molecule has 0 radical (unpaired) electrons. The van der Waals surface area contributed by atoms with E-state index in [2.05, 4.69) is 24.3 Å². The molecule has 1 unspecified atom stereocenters. The first-order chi connectivity index (χ1) is 13.1. The van der Waals surface area contributed by atoms with Gasteiger partial charge in [-0.2, -0.15) is 0 Å². The summed E-state index contributed by atoms with van der Waals surface area (Å²) in [5.41, 5.74) is 2.68. The Morgan fingerprint density at radius 2 is 1.93 bits per heavy atom. The lowest BCUT2D eigenvalue weighted by atomic mass is 9.59. The summed E-state index contributed by atoms with van der Waals surface area (Å²) in [6, 6.07) is 3.79. The zero-order valence-corrected chi connectivity index (χ0v) is 16.1. The average Bonchev–Trinajstić information content (AvgIpc) is 2.72. The van der Waals surface area contributed by atoms with Gasteiger partial charge in [-0.05, 0) is 84.8 Å². The Morgan fingerprint density at radius 3 is 2.59 bits per heavy atom. The molecule has 1 aromatic rings. The molecule has 0 amide bonds. The van der Waals surface area contributed by atoms with E-state index in [0.717, 1.165) is 30.6 Å². The van der Waals surface area contributed by atoms with Crippen molar-refractivity contribution >= 4 is 5.97 Å². The molecule has 0 spiro atoms. The number of allylic oxidation sites excluding steroid dienone is 3. The summed E-state index contributed by atoms with van der Waals surface area (Å²) in [4.78, 5) is 12.0. The van der Waals surface area contributed by atoms with Gasteiger partial charge >= 0.3 is 5.97 Å². The Bertz CT molecular complexity index is 792. The number of ether oxygens (including phenoxy) is 2. The molecule has 0 aromatic heterocycles. The van der Waals surface area contributed by atoms with Crippen molar-refractivity contribution in [1.82, 2.24) is 0 Å². The number of fused-ring (bicyclic) bond motifs is 3. The lowest BCUT2D eigenvalue weighted by molar-refractivity contribution is 0.0692. The third kappa shape index (κ3) is 3.26. The van der Waals surface area contributed by atoms with E-state index in [0.29, 0.717) is 35.0 Å². The molecule has 1 fully saturated rings. The number of benzene rings is 1. The van der Waals surface area contributed by atoms with Gasteiger partial charge in [0, 0.05) is 0 Å². The Kier molecular flexibility index (Phi) is 4.98. The van der Waals surface area contributed by atoms with E-state index in [-0.39, 0.29) is 0 Å². The molecule has 1 aromatic carbocycles. The van der Waals surface area contributed by atoms with E-state index >= 15 is 0 Å². The Balaban J connectivity index is 1.75. The van der Waals surface area contributed by atoms with Crippen molar-refractivity contribution in [2.45, 2.75) is 44.4 Å². The maximum absolute atomic E-state index is 12.0. The molecule has 144 valence electrons. The van der Waals surface area contributed by atoms with Gasteiger partial charge in [0.1, 0.15) is 11.5 Å². The van der Waals surface area contributed by atoms with Crippen LogP contribution in [0.3, 0.4) is 0 Å². The zero-order chi connectivity index (χ0) is 19.0. The molecule has 4 rings (SSSR count). The first-order valence-electron chi connectivity index (χ1n) is 9.98. The molecule has 4 atom stereocenters. The first-order valence-corrected chi connectivity index (χ1v) is 9.98. The summed E-state index contributed by atoms with van der Waals surface area (Å²) in [5, 5.41) is 9.82. The van der Waals surface area contributed by atoms with Gasteiger partial charge in [-0.15, -0.1) is 0 Å².